The van der Waals surface area contributed by atoms with E-state index in [0.717, 1.165) is 12.0 Å². The average molecular weight is 464 g/mol. The van der Waals surface area contributed by atoms with Gasteiger partial charge < -0.3 is 5.32 Å². The first kappa shape index (κ1) is 22.3. The Labute approximate surface area is 202 Å². The van der Waals surface area contributed by atoms with Gasteiger partial charge in [0.1, 0.15) is 0 Å². The van der Waals surface area contributed by atoms with Gasteiger partial charge in [-0.1, -0.05) is 78.9 Å². The van der Waals surface area contributed by atoms with E-state index in [-0.39, 0.29) is 24.1 Å². The van der Waals surface area contributed by atoms with Crippen LogP contribution in [-0.2, 0) is 6.54 Å². The molecule has 0 unspecified atom stereocenters. The molecule has 0 saturated heterocycles. The van der Waals surface area contributed by atoms with Crippen molar-refractivity contribution in [3.05, 3.63) is 124 Å². The monoisotopic (exact) mass is 463 g/mol. The average Bonchev–Trinajstić information content (AvgIpc) is 3.42. The second-order valence-electron chi connectivity index (χ2n) is 8.29. The van der Waals surface area contributed by atoms with Crippen LogP contribution >= 0.6 is 0 Å². The maximum atomic E-state index is 14.0. The van der Waals surface area contributed by atoms with Crippen molar-refractivity contribution in [2.24, 2.45) is 0 Å². The molecule has 0 saturated carbocycles. The third-order valence-corrected chi connectivity index (χ3v) is 6.13. The second kappa shape index (κ2) is 9.77. The van der Waals surface area contributed by atoms with Crippen molar-refractivity contribution < 1.29 is 4.79 Å². The molecule has 5 rings (SSSR count). The zero-order valence-corrected chi connectivity index (χ0v) is 19.3. The van der Waals surface area contributed by atoms with Crippen LogP contribution in [0.25, 0.3) is 16.5 Å². The lowest BCUT2D eigenvalue weighted by molar-refractivity contribution is 0.0935. The Balaban J connectivity index is 1.74. The van der Waals surface area contributed by atoms with E-state index in [0.29, 0.717) is 27.7 Å². The van der Waals surface area contributed by atoms with Crippen molar-refractivity contribution in [3.8, 4) is 5.69 Å². The summed E-state index contributed by atoms with van der Waals surface area (Å²) in [6.45, 7) is 2.25. The summed E-state index contributed by atoms with van der Waals surface area (Å²) in [5.74, 6) is -0.239. The number of fused-ring (bicyclic) bond motifs is 1. The van der Waals surface area contributed by atoms with Gasteiger partial charge in [-0.25, -0.2) is 4.68 Å². The Morgan fingerprint density at radius 2 is 1.57 bits per heavy atom. The predicted octanol–water partition coefficient (Wildman–Crippen LogP) is 4.51. The lowest BCUT2D eigenvalue weighted by Crippen LogP contribution is -2.33. The normalized spacial score (nSPS) is 11.9. The van der Waals surface area contributed by atoms with Crippen LogP contribution in [0.2, 0.25) is 0 Å². The molecule has 0 radical (unpaired) electrons. The molecule has 1 amide bonds. The number of hydrogen-bond acceptors (Lipinski definition) is 4. The molecule has 5 aromatic rings. The van der Waals surface area contributed by atoms with E-state index in [4.69, 9.17) is 0 Å². The number of carbonyl (C=O) groups is 1. The Morgan fingerprint density at radius 3 is 2.23 bits per heavy atom. The van der Waals surface area contributed by atoms with Gasteiger partial charge in [-0.15, -0.1) is 5.10 Å². The number of para-hydroxylation sites is 1. The molecule has 2 heterocycles. The summed E-state index contributed by atoms with van der Waals surface area (Å²) < 4.78 is 3.23. The highest BCUT2D eigenvalue weighted by Crippen LogP contribution is 2.25. The minimum absolute atomic E-state index is 0.168. The zero-order valence-electron chi connectivity index (χ0n) is 19.3. The number of hydrogen-bond donors (Lipinski definition) is 1. The van der Waals surface area contributed by atoms with Gasteiger partial charge in [0.2, 0.25) is 0 Å². The van der Waals surface area contributed by atoms with Crippen LogP contribution in [0.15, 0.2) is 102 Å². The van der Waals surface area contributed by atoms with Crippen LogP contribution in [0.5, 0.6) is 0 Å². The van der Waals surface area contributed by atoms with E-state index in [1.54, 1.807) is 27.7 Å². The lowest BCUT2D eigenvalue weighted by atomic mass is 10.00. The van der Waals surface area contributed by atoms with Crippen LogP contribution in [0.4, 0.5) is 0 Å². The van der Waals surface area contributed by atoms with Crippen LogP contribution < -0.4 is 10.9 Å². The maximum absolute atomic E-state index is 14.0. The first-order valence-corrected chi connectivity index (χ1v) is 11.6. The van der Waals surface area contributed by atoms with Crippen LogP contribution in [-0.4, -0.2) is 25.5 Å². The molecule has 0 aliphatic heterocycles. The van der Waals surface area contributed by atoms with E-state index in [1.807, 2.05) is 85.8 Å². The number of nitrogens with one attached hydrogen (secondary N) is 1. The van der Waals surface area contributed by atoms with Gasteiger partial charge in [0.05, 0.1) is 30.0 Å². The molecular weight excluding hydrogens is 438 g/mol. The maximum Gasteiger partial charge on any atom is 0.263 e. The molecule has 174 valence electrons. The fourth-order valence-corrected chi connectivity index (χ4v) is 4.46. The minimum atomic E-state index is -0.239. The van der Waals surface area contributed by atoms with Crippen LogP contribution in [0.1, 0.15) is 41.0 Å². The fourth-order valence-electron chi connectivity index (χ4n) is 4.46. The molecular formula is C28H25N5O2. The third kappa shape index (κ3) is 4.36. The first-order chi connectivity index (χ1) is 17.2. The predicted molar refractivity (Wildman–Crippen MR) is 136 cm³/mol. The lowest BCUT2D eigenvalue weighted by Gasteiger charge is -2.22. The van der Waals surface area contributed by atoms with Crippen molar-refractivity contribution in [3.63, 3.8) is 0 Å². The van der Waals surface area contributed by atoms with Gasteiger partial charge in [-0.2, -0.15) is 0 Å². The largest absolute Gasteiger partial charge is 0.345 e. The topological polar surface area (TPSA) is 81.8 Å². The molecule has 7 heteroatoms. The van der Waals surface area contributed by atoms with Crippen LogP contribution in [0, 0.1) is 0 Å². The Morgan fingerprint density at radius 1 is 0.914 bits per heavy atom. The van der Waals surface area contributed by atoms with Gasteiger partial charge in [0.15, 0.2) is 0 Å². The summed E-state index contributed by atoms with van der Waals surface area (Å²) in [6, 6.07) is 26.4. The molecule has 35 heavy (non-hydrogen) atoms. The number of aromatic nitrogens is 4. The number of carbonyl (C=O) groups excluding carboxylic acids is 1. The zero-order chi connectivity index (χ0) is 24.2. The molecule has 1 N–H and O–H groups in total. The molecule has 3 aromatic carbocycles. The van der Waals surface area contributed by atoms with Crippen molar-refractivity contribution in [2.75, 3.05) is 0 Å². The Hall–Kier alpha value is -4.52. The molecule has 1 atom stereocenters. The van der Waals surface area contributed by atoms with Crippen molar-refractivity contribution in [1.82, 2.24) is 24.9 Å². The quantitative estimate of drug-likeness (QED) is 0.385. The van der Waals surface area contributed by atoms with Crippen molar-refractivity contribution >= 4 is 16.7 Å². The van der Waals surface area contributed by atoms with Gasteiger partial charge >= 0.3 is 0 Å². The third-order valence-electron chi connectivity index (χ3n) is 6.13. The van der Waals surface area contributed by atoms with Crippen molar-refractivity contribution in [1.29, 1.82) is 0 Å². The summed E-state index contributed by atoms with van der Waals surface area (Å²) >= 11 is 0. The number of rotatable bonds is 7. The molecule has 0 aliphatic carbocycles. The summed E-state index contributed by atoms with van der Waals surface area (Å²) in [4.78, 5) is 27.7. The second-order valence-corrected chi connectivity index (χ2v) is 8.29. The molecule has 0 bridgehead atoms. The summed E-state index contributed by atoms with van der Waals surface area (Å²) in [5, 5.41) is 12.3. The smallest absolute Gasteiger partial charge is 0.263 e. The standard InChI is InChI=1S/C28H25N5O2/c1-2-24(20-11-5-3-6-12-20)30-27(34)26-22-15-9-10-16-23(22)28(35)33(21-13-7-4-8-14-21)25(26)19-32-18-17-29-31-32/h3-18,24H,2,19H2,1H3,(H,30,34)/t24-/m0/s1. The highest BCUT2D eigenvalue weighted by atomic mass is 16.2. The number of pyridine rings is 1. The molecule has 7 nitrogen and oxygen atoms in total. The molecule has 0 aliphatic rings. The molecule has 0 spiro atoms. The van der Waals surface area contributed by atoms with E-state index in [1.165, 1.54) is 0 Å². The van der Waals surface area contributed by atoms with Gasteiger partial charge in [-0.3, -0.25) is 14.2 Å². The van der Waals surface area contributed by atoms with Gasteiger partial charge in [-0.05, 0) is 30.2 Å². The van der Waals surface area contributed by atoms with Crippen molar-refractivity contribution in [2.45, 2.75) is 25.9 Å². The highest BCUT2D eigenvalue weighted by molar-refractivity contribution is 6.08. The van der Waals surface area contributed by atoms with E-state index in [2.05, 4.69) is 15.6 Å². The number of amides is 1. The first-order valence-electron chi connectivity index (χ1n) is 11.6. The highest BCUT2D eigenvalue weighted by Gasteiger charge is 2.25. The Bertz CT molecular complexity index is 1510. The van der Waals surface area contributed by atoms with Gasteiger partial charge in [0.25, 0.3) is 11.5 Å². The molecule has 0 fully saturated rings. The molecule has 2 aromatic heterocycles. The van der Waals surface area contributed by atoms with E-state index < -0.39 is 0 Å². The van der Waals surface area contributed by atoms with E-state index in [9.17, 15) is 9.59 Å². The fraction of sp³-hybridized carbons (Fsp3) is 0.143. The number of nitrogens with zero attached hydrogens (tertiary/aromatic N) is 4. The van der Waals surface area contributed by atoms with Crippen LogP contribution in [0.3, 0.4) is 0 Å². The van der Waals surface area contributed by atoms with Gasteiger partial charge in [0, 0.05) is 22.7 Å². The summed E-state index contributed by atoms with van der Waals surface area (Å²) in [7, 11) is 0. The Kier molecular flexibility index (Phi) is 6.22. The summed E-state index contributed by atoms with van der Waals surface area (Å²) in [6.07, 6.45) is 4.02. The SMILES string of the molecule is CC[C@H](NC(=O)c1c(Cn2ccnn2)n(-c2ccccc2)c(=O)c2ccccc12)c1ccccc1. The van der Waals surface area contributed by atoms with E-state index >= 15 is 0 Å². The number of benzene rings is 3. The summed E-state index contributed by atoms with van der Waals surface area (Å²) in [5.41, 5.74) is 2.53. The minimum Gasteiger partial charge on any atom is -0.345 e.